The van der Waals surface area contributed by atoms with E-state index in [-0.39, 0.29) is 9.04 Å². The van der Waals surface area contributed by atoms with Crippen molar-refractivity contribution in [1.29, 1.82) is 0 Å². The van der Waals surface area contributed by atoms with Crippen LogP contribution in [-0.2, 0) is 23.3 Å². The average Bonchev–Trinajstić information content (AvgIpc) is 3.54. The van der Waals surface area contributed by atoms with Crippen LogP contribution in [0.25, 0.3) is 28.3 Å². The predicted molar refractivity (Wildman–Crippen MR) is 191 cm³/mol. The van der Waals surface area contributed by atoms with Crippen LogP contribution >= 0.6 is 17.0 Å². The van der Waals surface area contributed by atoms with Crippen molar-refractivity contribution in [3.8, 4) is 22.3 Å². The number of fused-ring (bicyclic) bond motifs is 4. The third-order valence-corrected chi connectivity index (χ3v) is 24.0. The minimum absolute atomic E-state index is 0.00553. The minimum atomic E-state index is -4.00. The van der Waals surface area contributed by atoms with Crippen molar-refractivity contribution in [2.45, 2.75) is 82.7 Å². The summed E-state index contributed by atoms with van der Waals surface area (Å²) in [6.45, 7) is 18.5. The van der Waals surface area contributed by atoms with Crippen LogP contribution in [0.2, 0.25) is 0 Å². The molecule has 1 aliphatic carbocycles. The Labute approximate surface area is 273 Å². The summed E-state index contributed by atoms with van der Waals surface area (Å²) in [6, 6.07) is 27.7. The summed E-state index contributed by atoms with van der Waals surface area (Å²) < 4.78 is 1.41. The molecule has 1 atom stereocenters. The van der Waals surface area contributed by atoms with Crippen LogP contribution in [-0.4, -0.2) is 9.52 Å². The molecular weight excluding hydrogens is 659 g/mol. The zero-order valence-electron chi connectivity index (χ0n) is 26.9. The Morgan fingerprint density at radius 3 is 2.09 bits per heavy atom. The number of benzene rings is 4. The van der Waals surface area contributed by atoms with Crippen molar-refractivity contribution >= 4 is 46.3 Å². The van der Waals surface area contributed by atoms with E-state index in [1.165, 1.54) is 69.3 Å². The van der Waals surface area contributed by atoms with Gasteiger partial charge in [0.25, 0.3) is 0 Å². The molecule has 2 aliphatic rings. The van der Waals surface area contributed by atoms with Gasteiger partial charge in [-0.15, -0.1) is 0 Å². The average molecular weight is 703 g/mol. The molecule has 0 fully saturated rings. The second-order valence-corrected chi connectivity index (χ2v) is 30.1. The van der Waals surface area contributed by atoms with Crippen LogP contribution in [0.1, 0.15) is 105 Å². The molecular formula is C39H44Cl2SiZr. The number of halogens is 2. The van der Waals surface area contributed by atoms with Gasteiger partial charge in [0.1, 0.15) is 0 Å². The van der Waals surface area contributed by atoms with E-state index >= 15 is 0 Å². The van der Waals surface area contributed by atoms with E-state index in [9.17, 15) is 0 Å². The summed E-state index contributed by atoms with van der Waals surface area (Å²) >= 11 is -4.00. The molecule has 4 heteroatoms. The summed E-state index contributed by atoms with van der Waals surface area (Å²) in [5.41, 5.74) is 13.8. The first kappa shape index (κ1) is 31.3. The van der Waals surface area contributed by atoms with Gasteiger partial charge in [0, 0.05) is 0 Å². The monoisotopic (exact) mass is 700 g/mol. The quantitative estimate of drug-likeness (QED) is 0.155. The van der Waals surface area contributed by atoms with Gasteiger partial charge in [0.2, 0.25) is 0 Å². The summed E-state index contributed by atoms with van der Waals surface area (Å²) in [5, 5.41) is 3.01. The van der Waals surface area contributed by atoms with Gasteiger partial charge in [0.15, 0.2) is 0 Å². The van der Waals surface area contributed by atoms with Crippen molar-refractivity contribution in [2.75, 3.05) is 0 Å². The fourth-order valence-corrected chi connectivity index (χ4v) is 24.3. The van der Waals surface area contributed by atoms with Gasteiger partial charge in [-0.25, -0.2) is 0 Å². The molecule has 0 nitrogen and oxygen atoms in total. The molecule has 0 saturated carbocycles. The second-order valence-electron chi connectivity index (χ2n) is 14.2. The fraction of sp³-hybridized carbons (Fsp3) is 0.333. The van der Waals surface area contributed by atoms with Crippen LogP contribution in [0, 0.1) is 0 Å². The predicted octanol–water partition coefficient (Wildman–Crippen LogP) is 9.63. The Morgan fingerprint density at radius 2 is 1.47 bits per heavy atom. The molecule has 1 aliphatic heterocycles. The van der Waals surface area contributed by atoms with Crippen molar-refractivity contribution in [1.82, 2.24) is 0 Å². The van der Waals surface area contributed by atoms with Gasteiger partial charge < -0.3 is 0 Å². The van der Waals surface area contributed by atoms with Gasteiger partial charge in [-0.05, 0) is 0 Å². The third kappa shape index (κ3) is 5.43. The molecule has 4 aromatic rings. The number of rotatable bonds is 6. The molecule has 0 saturated heterocycles. The Morgan fingerprint density at radius 1 is 0.814 bits per heavy atom. The van der Waals surface area contributed by atoms with Crippen LogP contribution in [0.5, 0.6) is 0 Å². The van der Waals surface area contributed by atoms with E-state index in [0.717, 1.165) is 6.42 Å². The number of allylic oxidation sites excluding steroid dienone is 1. The summed E-state index contributed by atoms with van der Waals surface area (Å²) in [4.78, 5) is 0. The summed E-state index contributed by atoms with van der Waals surface area (Å²) in [7, 11) is 15.2. The zero-order chi connectivity index (χ0) is 30.8. The molecule has 0 spiro atoms. The molecule has 0 aromatic heterocycles. The fourth-order valence-electron chi connectivity index (χ4n) is 7.29. The van der Waals surface area contributed by atoms with Crippen molar-refractivity contribution < 1.29 is 17.9 Å². The molecule has 222 valence electrons. The van der Waals surface area contributed by atoms with E-state index in [2.05, 4.69) is 134 Å². The Bertz CT molecular complexity index is 1730. The molecule has 1 unspecified atom stereocenters. The first-order valence-electron chi connectivity index (χ1n) is 15.9. The standard InChI is InChI=1S/C27H35.C12H9Si.2ClH.Zr/c1-9-19-12-20-10-11-25(27(6,7)8)26(24(20)13-19)23-15-21(17(2)3)14-22(16-23)18(4)5;1-3-7-11-9(5-1)10-6-2-4-8-12(10)13-11;;;/h10-18H,9H2,1-8H3;1-7H,13H2;2*1H;/q;;;;+2/p-2. The zero-order valence-corrected chi connectivity index (χ0v) is 32.3. The molecule has 0 bridgehead atoms. The molecule has 0 radical (unpaired) electrons. The molecule has 0 N–H and O–H groups in total. The van der Waals surface area contributed by atoms with E-state index in [0.29, 0.717) is 11.8 Å². The SMILES string of the molecule is CCC1=Cc2c(ccc(C(C)(C)C)c2-c2cc(C(C)C)cc(C(C)C)c2)[CH]1[Zr]([Cl])([Cl])[c]1cccc2c1[SiH2]c1ccccc1-2. The molecule has 4 aromatic carbocycles. The normalized spacial score (nSPS) is 16.6. The van der Waals surface area contributed by atoms with Crippen LogP contribution in [0.15, 0.2) is 78.4 Å². The topological polar surface area (TPSA) is 0 Å². The summed E-state index contributed by atoms with van der Waals surface area (Å²) in [5.74, 6) is 0.926. The van der Waals surface area contributed by atoms with Crippen molar-refractivity contribution in [3.63, 3.8) is 0 Å². The van der Waals surface area contributed by atoms with E-state index < -0.39 is 27.4 Å². The molecule has 6 rings (SSSR count). The molecule has 0 amide bonds. The molecule has 1 heterocycles. The van der Waals surface area contributed by atoms with Gasteiger partial charge >= 0.3 is 275 Å². The van der Waals surface area contributed by atoms with Gasteiger partial charge in [-0.2, -0.15) is 0 Å². The first-order chi connectivity index (χ1) is 20.3. The maximum absolute atomic E-state index is 7.91. The van der Waals surface area contributed by atoms with Crippen LogP contribution < -0.4 is 13.6 Å². The number of hydrogen-bond acceptors (Lipinski definition) is 0. The van der Waals surface area contributed by atoms with E-state index in [4.69, 9.17) is 17.0 Å². The van der Waals surface area contributed by atoms with Crippen LogP contribution in [0.4, 0.5) is 0 Å². The molecule has 43 heavy (non-hydrogen) atoms. The second kappa shape index (κ2) is 11.6. The van der Waals surface area contributed by atoms with Gasteiger partial charge in [-0.1, -0.05) is 0 Å². The maximum atomic E-state index is 7.91. The number of hydrogen-bond donors (Lipinski definition) is 0. The third-order valence-electron chi connectivity index (χ3n) is 9.68. The Hall–Kier alpha value is -1.70. The Balaban J connectivity index is 1.57. The van der Waals surface area contributed by atoms with E-state index in [1.807, 2.05) is 0 Å². The van der Waals surface area contributed by atoms with Crippen molar-refractivity contribution in [3.05, 3.63) is 106 Å². The Kier molecular flexibility index (Phi) is 8.43. The van der Waals surface area contributed by atoms with Crippen molar-refractivity contribution in [2.24, 2.45) is 0 Å². The van der Waals surface area contributed by atoms with Gasteiger partial charge in [-0.3, -0.25) is 0 Å². The first-order valence-corrected chi connectivity index (χ1v) is 26.3. The van der Waals surface area contributed by atoms with Crippen LogP contribution in [0.3, 0.4) is 0 Å². The summed E-state index contributed by atoms with van der Waals surface area (Å²) in [6.07, 6.45) is 3.44. The van der Waals surface area contributed by atoms with E-state index in [1.54, 1.807) is 0 Å². The van der Waals surface area contributed by atoms with Gasteiger partial charge in [0.05, 0.1) is 0 Å².